The Kier molecular flexibility index (Phi) is 6.45. The van der Waals surface area contributed by atoms with E-state index in [1.54, 1.807) is 4.90 Å². The fourth-order valence-electron chi connectivity index (χ4n) is 2.13. The van der Waals surface area contributed by atoms with E-state index in [4.69, 9.17) is 0 Å². The van der Waals surface area contributed by atoms with Crippen LogP contribution in [-0.4, -0.2) is 38.6 Å². The second-order valence-electron chi connectivity index (χ2n) is 4.88. The van der Waals surface area contributed by atoms with Crippen molar-refractivity contribution in [3.8, 4) is 0 Å². The number of nitrogens with one attached hydrogen (secondary N) is 3. The monoisotopic (exact) mass is 312 g/mol. The van der Waals surface area contributed by atoms with Crippen LogP contribution < -0.4 is 20.9 Å². The third-order valence-corrected chi connectivity index (χ3v) is 3.24. The summed E-state index contributed by atoms with van der Waals surface area (Å²) in [6.07, 6.45) is 0. The quantitative estimate of drug-likeness (QED) is 0.770. The summed E-state index contributed by atoms with van der Waals surface area (Å²) in [5.74, 6) is -0.152. The number of benzene rings is 1. The zero-order valence-electron chi connectivity index (χ0n) is 12.2. The minimum absolute atomic E-state index is 0. The summed E-state index contributed by atoms with van der Waals surface area (Å²) < 4.78 is 0. The SMILES string of the molecule is CNCC(C)C(=O)Nc1cccc(N2CCNC2=O)c1.Cl. The number of amides is 3. The van der Waals surface area contributed by atoms with Gasteiger partial charge in [0.05, 0.1) is 0 Å². The summed E-state index contributed by atoms with van der Waals surface area (Å²) in [6.45, 7) is 3.78. The Labute approximate surface area is 130 Å². The van der Waals surface area contributed by atoms with Crippen LogP contribution in [0.25, 0.3) is 0 Å². The fraction of sp³-hybridized carbons (Fsp3) is 0.429. The average Bonchev–Trinajstić information content (AvgIpc) is 2.85. The molecule has 0 bridgehead atoms. The van der Waals surface area contributed by atoms with E-state index in [-0.39, 0.29) is 30.3 Å². The van der Waals surface area contributed by atoms with Crippen LogP contribution in [0.1, 0.15) is 6.92 Å². The number of rotatable bonds is 5. The molecule has 1 heterocycles. The van der Waals surface area contributed by atoms with Gasteiger partial charge in [0.25, 0.3) is 0 Å². The molecule has 1 atom stereocenters. The summed E-state index contributed by atoms with van der Waals surface area (Å²) >= 11 is 0. The molecule has 3 amide bonds. The molecular weight excluding hydrogens is 292 g/mol. The predicted octanol–water partition coefficient (Wildman–Crippen LogP) is 1.43. The largest absolute Gasteiger partial charge is 0.336 e. The summed E-state index contributed by atoms with van der Waals surface area (Å²) in [7, 11) is 1.82. The molecule has 6 nitrogen and oxygen atoms in total. The maximum Gasteiger partial charge on any atom is 0.321 e. The molecule has 1 saturated heterocycles. The molecule has 0 spiro atoms. The summed E-state index contributed by atoms with van der Waals surface area (Å²) in [5, 5.41) is 8.60. The predicted molar refractivity (Wildman–Crippen MR) is 86.2 cm³/mol. The van der Waals surface area contributed by atoms with Crippen LogP contribution in [0.3, 0.4) is 0 Å². The maximum absolute atomic E-state index is 12.0. The average molecular weight is 313 g/mol. The Morgan fingerprint density at radius 1 is 1.48 bits per heavy atom. The van der Waals surface area contributed by atoms with E-state index in [1.165, 1.54) is 0 Å². The van der Waals surface area contributed by atoms with Gasteiger partial charge in [-0.2, -0.15) is 0 Å². The van der Waals surface area contributed by atoms with Gasteiger partial charge in [0.15, 0.2) is 0 Å². The number of halogens is 1. The fourth-order valence-corrected chi connectivity index (χ4v) is 2.13. The molecule has 7 heteroatoms. The second kappa shape index (κ2) is 7.85. The molecule has 2 rings (SSSR count). The van der Waals surface area contributed by atoms with E-state index >= 15 is 0 Å². The smallest absolute Gasteiger partial charge is 0.321 e. The zero-order chi connectivity index (χ0) is 14.5. The van der Waals surface area contributed by atoms with Crippen LogP contribution in [0.5, 0.6) is 0 Å². The lowest BCUT2D eigenvalue weighted by Gasteiger charge is -2.16. The van der Waals surface area contributed by atoms with Crippen molar-refractivity contribution in [3.63, 3.8) is 0 Å². The third kappa shape index (κ3) is 4.34. The highest BCUT2D eigenvalue weighted by molar-refractivity contribution is 5.96. The number of anilines is 2. The van der Waals surface area contributed by atoms with Gasteiger partial charge in [0.1, 0.15) is 0 Å². The molecule has 21 heavy (non-hydrogen) atoms. The first kappa shape index (κ1) is 17.3. The standard InChI is InChI=1S/C14H20N4O2.ClH/c1-10(9-15-2)13(19)17-11-4-3-5-12(8-11)18-7-6-16-14(18)20;/h3-5,8,10,15H,6-7,9H2,1-2H3,(H,16,20)(H,17,19);1H. The van der Waals surface area contributed by atoms with Crippen LogP contribution >= 0.6 is 12.4 Å². The van der Waals surface area contributed by atoms with Crippen molar-refractivity contribution >= 4 is 35.7 Å². The third-order valence-electron chi connectivity index (χ3n) is 3.24. The van der Waals surface area contributed by atoms with Crippen LogP contribution in [0.15, 0.2) is 24.3 Å². The number of hydrogen-bond donors (Lipinski definition) is 3. The molecule has 3 N–H and O–H groups in total. The number of urea groups is 1. The molecule has 0 aromatic heterocycles. The van der Waals surface area contributed by atoms with E-state index in [0.717, 1.165) is 5.69 Å². The van der Waals surface area contributed by atoms with Gasteiger partial charge < -0.3 is 16.0 Å². The van der Waals surface area contributed by atoms with Crippen LogP contribution in [0.4, 0.5) is 16.2 Å². The Morgan fingerprint density at radius 3 is 2.86 bits per heavy atom. The van der Waals surface area contributed by atoms with E-state index < -0.39 is 0 Å². The molecule has 1 aliphatic heterocycles. The first-order valence-electron chi connectivity index (χ1n) is 6.72. The molecule has 0 aliphatic carbocycles. The van der Waals surface area contributed by atoms with Crippen molar-refractivity contribution in [2.45, 2.75) is 6.92 Å². The van der Waals surface area contributed by atoms with Gasteiger partial charge in [0, 0.05) is 36.9 Å². The van der Waals surface area contributed by atoms with Gasteiger partial charge in [-0.25, -0.2) is 4.79 Å². The van der Waals surface area contributed by atoms with Gasteiger partial charge in [0.2, 0.25) is 5.91 Å². The van der Waals surface area contributed by atoms with Gasteiger partial charge in [-0.3, -0.25) is 9.69 Å². The Hall–Kier alpha value is -1.79. The number of nitrogens with zero attached hydrogens (tertiary/aromatic N) is 1. The molecule has 1 aromatic rings. The molecule has 1 unspecified atom stereocenters. The van der Waals surface area contributed by atoms with E-state index in [2.05, 4.69) is 16.0 Å². The lowest BCUT2D eigenvalue weighted by Crippen LogP contribution is -2.29. The highest BCUT2D eigenvalue weighted by atomic mass is 35.5. The molecule has 0 radical (unpaired) electrons. The van der Waals surface area contributed by atoms with Crippen molar-refractivity contribution in [2.75, 3.05) is 36.9 Å². The molecule has 0 saturated carbocycles. The molecule has 1 aliphatic rings. The van der Waals surface area contributed by atoms with E-state index in [0.29, 0.717) is 25.3 Å². The Balaban J connectivity index is 0.00000220. The van der Waals surface area contributed by atoms with Crippen LogP contribution in [0, 0.1) is 5.92 Å². The highest BCUT2D eigenvalue weighted by Gasteiger charge is 2.21. The molecule has 1 fully saturated rings. The first-order valence-corrected chi connectivity index (χ1v) is 6.72. The Morgan fingerprint density at radius 2 is 2.24 bits per heavy atom. The summed E-state index contributed by atoms with van der Waals surface area (Å²) in [4.78, 5) is 25.2. The minimum atomic E-state index is -0.112. The second-order valence-corrected chi connectivity index (χ2v) is 4.88. The van der Waals surface area contributed by atoms with Crippen molar-refractivity contribution in [3.05, 3.63) is 24.3 Å². The topological polar surface area (TPSA) is 73.5 Å². The van der Waals surface area contributed by atoms with Crippen molar-refractivity contribution in [2.24, 2.45) is 5.92 Å². The highest BCUT2D eigenvalue weighted by Crippen LogP contribution is 2.21. The summed E-state index contributed by atoms with van der Waals surface area (Å²) in [5.41, 5.74) is 1.49. The van der Waals surface area contributed by atoms with Gasteiger partial charge in [-0.15, -0.1) is 12.4 Å². The maximum atomic E-state index is 12.0. The van der Waals surface area contributed by atoms with E-state index in [1.807, 2.05) is 38.2 Å². The van der Waals surface area contributed by atoms with Crippen LogP contribution in [-0.2, 0) is 4.79 Å². The van der Waals surface area contributed by atoms with Crippen molar-refractivity contribution in [1.29, 1.82) is 0 Å². The van der Waals surface area contributed by atoms with Gasteiger partial charge >= 0.3 is 6.03 Å². The van der Waals surface area contributed by atoms with Gasteiger partial charge in [-0.1, -0.05) is 13.0 Å². The first-order chi connectivity index (χ1) is 9.61. The minimum Gasteiger partial charge on any atom is -0.336 e. The summed E-state index contributed by atoms with van der Waals surface area (Å²) in [6, 6.07) is 7.23. The van der Waals surface area contributed by atoms with Crippen molar-refractivity contribution in [1.82, 2.24) is 10.6 Å². The van der Waals surface area contributed by atoms with Crippen LogP contribution in [0.2, 0.25) is 0 Å². The number of hydrogen-bond acceptors (Lipinski definition) is 3. The Bertz CT molecular complexity index is 510. The number of carbonyl (C=O) groups is 2. The number of carbonyl (C=O) groups excluding carboxylic acids is 2. The normalized spacial score (nSPS) is 15.1. The van der Waals surface area contributed by atoms with E-state index in [9.17, 15) is 9.59 Å². The van der Waals surface area contributed by atoms with Gasteiger partial charge in [-0.05, 0) is 25.2 Å². The molecule has 116 valence electrons. The molecular formula is C14H21ClN4O2. The molecule has 1 aromatic carbocycles. The zero-order valence-corrected chi connectivity index (χ0v) is 13.0. The lowest BCUT2D eigenvalue weighted by atomic mass is 10.1. The van der Waals surface area contributed by atoms with Crippen molar-refractivity contribution < 1.29 is 9.59 Å². The lowest BCUT2D eigenvalue weighted by molar-refractivity contribution is -0.119.